The van der Waals surface area contributed by atoms with E-state index in [2.05, 4.69) is 28.9 Å². The van der Waals surface area contributed by atoms with Gasteiger partial charge in [-0.15, -0.1) is 0 Å². The maximum atomic E-state index is 5.44. The van der Waals surface area contributed by atoms with Crippen LogP contribution in [0.4, 0.5) is 0 Å². The molecule has 0 aromatic carbocycles. The lowest BCUT2D eigenvalue weighted by atomic mass is 10.1. The van der Waals surface area contributed by atoms with Crippen LogP contribution in [0.1, 0.15) is 38.4 Å². The van der Waals surface area contributed by atoms with Crippen molar-refractivity contribution in [3.63, 3.8) is 0 Å². The van der Waals surface area contributed by atoms with E-state index in [0.29, 0.717) is 6.04 Å². The molecule has 17 heavy (non-hydrogen) atoms. The largest absolute Gasteiger partial charge is 0.493 e. The zero-order chi connectivity index (χ0) is 12.4. The third kappa shape index (κ3) is 2.32. The fourth-order valence-corrected chi connectivity index (χ4v) is 2.61. The molecule has 4 heteroatoms. The van der Waals surface area contributed by atoms with Crippen molar-refractivity contribution in [1.82, 2.24) is 15.1 Å². The molecule has 0 radical (unpaired) electrons. The standard InChI is InChI=1S/C13H23N3O/c1-5-6-16-13(11(17-4)8-15-16)12(14-3)10-7-9(10)2/h8-10,12,14H,5-7H2,1-4H3. The number of rotatable bonds is 6. The van der Waals surface area contributed by atoms with E-state index in [1.165, 1.54) is 12.1 Å². The summed E-state index contributed by atoms with van der Waals surface area (Å²) in [5.74, 6) is 2.44. The highest BCUT2D eigenvalue weighted by Gasteiger charge is 2.42. The highest BCUT2D eigenvalue weighted by atomic mass is 16.5. The Balaban J connectivity index is 2.29. The van der Waals surface area contributed by atoms with Crippen LogP contribution < -0.4 is 10.1 Å². The van der Waals surface area contributed by atoms with Crippen LogP contribution in [0.15, 0.2) is 6.20 Å². The molecule has 1 aliphatic carbocycles. The summed E-state index contributed by atoms with van der Waals surface area (Å²) in [5.41, 5.74) is 1.21. The van der Waals surface area contributed by atoms with Gasteiger partial charge < -0.3 is 10.1 Å². The van der Waals surface area contributed by atoms with Crippen molar-refractivity contribution in [2.75, 3.05) is 14.2 Å². The van der Waals surface area contributed by atoms with E-state index in [-0.39, 0.29) is 0 Å². The van der Waals surface area contributed by atoms with Crippen LogP contribution in [-0.2, 0) is 6.54 Å². The number of aromatic nitrogens is 2. The Kier molecular flexibility index (Phi) is 3.72. The smallest absolute Gasteiger partial charge is 0.161 e. The van der Waals surface area contributed by atoms with Crippen molar-refractivity contribution in [2.24, 2.45) is 11.8 Å². The Hall–Kier alpha value is -1.03. The zero-order valence-electron chi connectivity index (χ0n) is 11.2. The zero-order valence-corrected chi connectivity index (χ0v) is 11.2. The van der Waals surface area contributed by atoms with Crippen LogP contribution in [0.3, 0.4) is 0 Å². The van der Waals surface area contributed by atoms with Gasteiger partial charge in [-0.1, -0.05) is 13.8 Å². The number of hydrogen-bond acceptors (Lipinski definition) is 3. The Morgan fingerprint density at radius 1 is 1.65 bits per heavy atom. The van der Waals surface area contributed by atoms with Gasteiger partial charge in [0, 0.05) is 6.54 Å². The minimum absolute atomic E-state index is 0.369. The molecule has 0 bridgehead atoms. The van der Waals surface area contributed by atoms with E-state index in [9.17, 15) is 0 Å². The maximum absolute atomic E-state index is 5.44. The number of nitrogens with one attached hydrogen (secondary N) is 1. The van der Waals surface area contributed by atoms with Gasteiger partial charge in [0.25, 0.3) is 0 Å². The normalized spacial score (nSPS) is 24.7. The van der Waals surface area contributed by atoms with Crippen LogP contribution in [-0.4, -0.2) is 23.9 Å². The van der Waals surface area contributed by atoms with Gasteiger partial charge in [0.15, 0.2) is 5.75 Å². The van der Waals surface area contributed by atoms with Gasteiger partial charge in [-0.2, -0.15) is 5.10 Å². The third-order valence-electron chi connectivity index (χ3n) is 3.71. The van der Waals surface area contributed by atoms with E-state index < -0.39 is 0 Å². The molecular weight excluding hydrogens is 214 g/mol. The van der Waals surface area contributed by atoms with Crippen molar-refractivity contribution >= 4 is 0 Å². The molecule has 1 heterocycles. The molecule has 0 amide bonds. The maximum Gasteiger partial charge on any atom is 0.161 e. The van der Waals surface area contributed by atoms with E-state index in [1.807, 2.05) is 13.2 Å². The van der Waals surface area contributed by atoms with Gasteiger partial charge in [0.05, 0.1) is 25.0 Å². The Morgan fingerprint density at radius 2 is 2.35 bits per heavy atom. The first kappa shape index (κ1) is 12.4. The highest BCUT2D eigenvalue weighted by molar-refractivity contribution is 5.30. The fraction of sp³-hybridized carbons (Fsp3) is 0.769. The summed E-state index contributed by atoms with van der Waals surface area (Å²) in [6, 6.07) is 0.369. The van der Waals surface area contributed by atoms with Gasteiger partial charge in [-0.3, -0.25) is 4.68 Å². The van der Waals surface area contributed by atoms with Crippen molar-refractivity contribution < 1.29 is 4.74 Å². The number of nitrogens with zero attached hydrogens (tertiary/aromatic N) is 2. The fourth-order valence-electron chi connectivity index (χ4n) is 2.61. The number of methoxy groups -OCH3 is 1. The number of hydrogen-bond donors (Lipinski definition) is 1. The predicted molar refractivity (Wildman–Crippen MR) is 68.1 cm³/mol. The Bertz CT molecular complexity index is 375. The first-order chi connectivity index (χ1) is 8.22. The molecule has 3 unspecified atom stereocenters. The summed E-state index contributed by atoms with van der Waals surface area (Å²) in [7, 11) is 3.75. The monoisotopic (exact) mass is 237 g/mol. The molecule has 96 valence electrons. The van der Waals surface area contributed by atoms with Crippen molar-refractivity contribution in [3.8, 4) is 5.75 Å². The van der Waals surface area contributed by atoms with Crippen molar-refractivity contribution in [2.45, 2.75) is 39.3 Å². The summed E-state index contributed by atoms with van der Waals surface area (Å²) in [6.07, 6.45) is 4.23. The minimum Gasteiger partial charge on any atom is -0.493 e. The molecular formula is C13H23N3O. The second kappa shape index (κ2) is 5.08. The second-order valence-electron chi connectivity index (χ2n) is 4.96. The SMILES string of the molecule is CCCn1ncc(OC)c1C(NC)C1CC1C. The van der Waals surface area contributed by atoms with E-state index in [1.54, 1.807) is 7.11 Å². The lowest BCUT2D eigenvalue weighted by molar-refractivity contribution is 0.381. The molecule has 1 N–H and O–H groups in total. The number of aryl methyl sites for hydroxylation is 1. The van der Waals surface area contributed by atoms with Gasteiger partial charge in [0.1, 0.15) is 0 Å². The van der Waals surface area contributed by atoms with Crippen LogP contribution >= 0.6 is 0 Å². The quantitative estimate of drug-likeness (QED) is 0.824. The van der Waals surface area contributed by atoms with Crippen molar-refractivity contribution in [1.29, 1.82) is 0 Å². The molecule has 0 aliphatic heterocycles. The summed E-state index contributed by atoms with van der Waals surface area (Å²) in [6.45, 7) is 5.44. The average Bonchev–Trinajstić information content (AvgIpc) is 2.90. The summed E-state index contributed by atoms with van der Waals surface area (Å²) < 4.78 is 7.53. The number of ether oxygens (including phenoxy) is 1. The lowest BCUT2D eigenvalue weighted by Crippen LogP contribution is -2.23. The summed E-state index contributed by atoms with van der Waals surface area (Å²) >= 11 is 0. The van der Waals surface area contributed by atoms with E-state index >= 15 is 0 Å². The Labute approximate surface area is 103 Å². The van der Waals surface area contributed by atoms with Gasteiger partial charge in [-0.05, 0) is 31.7 Å². The second-order valence-corrected chi connectivity index (χ2v) is 4.96. The molecule has 1 aromatic heterocycles. The first-order valence-electron chi connectivity index (χ1n) is 6.49. The molecule has 2 rings (SSSR count). The van der Waals surface area contributed by atoms with E-state index in [0.717, 1.165) is 30.6 Å². The van der Waals surface area contributed by atoms with E-state index in [4.69, 9.17) is 4.74 Å². The molecule has 0 saturated heterocycles. The van der Waals surface area contributed by atoms with Crippen LogP contribution in [0.5, 0.6) is 5.75 Å². The topological polar surface area (TPSA) is 39.1 Å². The van der Waals surface area contributed by atoms with Gasteiger partial charge in [-0.25, -0.2) is 0 Å². The molecule has 3 atom stereocenters. The Morgan fingerprint density at radius 3 is 2.82 bits per heavy atom. The molecule has 1 aromatic rings. The van der Waals surface area contributed by atoms with Crippen LogP contribution in [0.2, 0.25) is 0 Å². The highest BCUT2D eigenvalue weighted by Crippen LogP contribution is 2.48. The molecule has 1 aliphatic rings. The van der Waals surface area contributed by atoms with Crippen LogP contribution in [0.25, 0.3) is 0 Å². The first-order valence-corrected chi connectivity index (χ1v) is 6.49. The summed E-state index contributed by atoms with van der Waals surface area (Å²) in [5, 5.41) is 7.86. The lowest BCUT2D eigenvalue weighted by Gasteiger charge is -2.19. The van der Waals surface area contributed by atoms with Gasteiger partial charge >= 0.3 is 0 Å². The molecule has 0 spiro atoms. The minimum atomic E-state index is 0.369. The average molecular weight is 237 g/mol. The molecule has 4 nitrogen and oxygen atoms in total. The third-order valence-corrected chi connectivity index (χ3v) is 3.71. The summed E-state index contributed by atoms with van der Waals surface area (Å²) in [4.78, 5) is 0. The van der Waals surface area contributed by atoms with Gasteiger partial charge in [0.2, 0.25) is 0 Å². The predicted octanol–water partition coefficient (Wildman–Crippen LogP) is 2.22. The molecule has 1 saturated carbocycles. The van der Waals surface area contributed by atoms with Crippen molar-refractivity contribution in [3.05, 3.63) is 11.9 Å². The van der Waals surface area contributed by atoms with Crippen LogP contribution in [0, 0.1) is 11.8 Å². The molecule has 1 fully saturated rings.